The zero-order chi connectivity index (χ0) is 16.5. The Balaban J connectivity index is 2.01. The van der Waals surface area contributed by atoms with Crippen LogP contribution in [0.4, 0.5) is 14.9 Å². The number of anilines is 1. The fraction of sp³-hybridized carbons (Fsp3) is 0.588. The molecule has 1 aliphatic heterocycles. The Morgan fingerprint density at radius 1 is 1.32 bits per heavy atom. The minimum atomic E-state index is -0.476. The Bertz CT molecular complexity index is 559. The number of hydrogen-bond donors (Lipinski definition) is 1. The highest BCUT2D eigenvalue weighted by molar-refractivity contribution is 5.68. The second kappa shape index (κ2) is 6.15. The van der Waals surface area contributed by atoms with Crippen molar-refractivity contribution in [3.8, 4) is 0 Å². The molecule has 122 valence electrons. The third kappa shape index (κ3) is 3.90. The van der Waals surface area contributed by atoms with Crippen molar-refractivity contribution in [2.75, 3.05) is 18.8 Å². The lowest BCUT2D eigenvalue weighted by Crippen LogP contribution is -2.41. The molecule has 0 atom stereocenters. The summed E-state index contributed by atoms with van der Waals surface area (Å²) >= 11 is 0. The van der Waals surface area contributed by atoms with Crippen molar-refractivity contribution in [3.63, 3.8) is 0 Å². The number of hydrogen-bond acceptors (Lipinski definition) is 3. The lowest BCUT2D eigenvalue weighted by molar-refractivity contribution is 0.0205. The number of nitrogen functional groups attached to an aromatic ring is 1. The molecule has 0 aliphatic carbocycles. The summed E-state index contributed by atoms with van der Waals surface area (Å²) in [5.41, 5.74) is 7.40. The van der Waals surface area contributed by atoms with E-state index in [1.165, 1.54) is 6.07 Å². The molecule has 0 bridgehead atoms. The fourth-order valence-electron chi connectivity index (χ4n) is 2.85. The largest absolute Gasteiger partial charge is 0.444 e. The van der Waals surface area contributed by atoms with Crippen LogP contribution in [0.25, 0.3) is 0 Å². The van der Waals surface area contributed by atoms with E-state index in [2.05, 4.69) is 0 Å². The normalized spacial score (nSPS) is 16.7. The van der Waals surface area contributed by atoms with Gasteiger partial charge in [-0.2, -0.15) is 0 Å². The van der Waals surface area contributed by atoms with Gasteiger partial charge in [-0.3, -0.25) is 0 Å². The summed E-state index contributed by atoms with van der Waals surface area (Å²) in [5, 5.41) is 0. The number of carbonyl (C=O) groups excluding carboxylic acids is 1. The third-order valence-corrected chi connectivity index (χ3v) is 3.97. The van der Waals surface area contributed by atoms with E-state index in [-0.39, 0.29) is 17.6 Å². The molecule has 1 aromatic rings. The molecular formula is C17H25FN2O2. The number of halogens is 1. The van der Waals surface area contributed by atoms with Crippen LogP contribution in [0.3, 0.4) is 0 Å². The summed E-state index contributed by atoms with van der Waals surface area (Å²) in [7, 11) is 0. The lowest BCUT2D eigenvalue weighted by Gasteiger charge is -2.34. The number of ether oxygens (including phenoxy) is 1. The van der Waals surface area contributed by atoms with E-state index in [9.17, 15) is 9.18 Å². The van der Waals surface area contributed by atoms with Gasteiger partial charge in [0.15, 0.2) is 0 Å². The maximum atomic E-state index is 13.5. The highest BCUT2D eigenvalue weighted by Gasteiger charge is 2.28. The number of rotatable bonds is 1. The van der Waals surface area contributed by atoms with Gasteiger partial charge in [-0.25, -0.2) is 9.18 Å². The second-order valence-corrected chi connectivity index (χ2v) is 6.97. The molecule has 0 unspecified atom stereocenters. The predicted molar refractivity (Wildman–Crippen MR) is 85.3 cm³/mol. The molecule has 1 saturated heterocycles. The van der Waals surface area contributed by atoms with Gasteiger partial charge < -0.3 is 15.4 Å². The van der Waals surface area contributed by atoms with Crippen LogP contribution in [0, 0.1) is 12.7 Å². The number of nitrogens with two attached hydrogens (primary N) is 1. The first-order valence-corrected chi connectivity index (χ1v) is 7.71. The zero-order valence-corrected chi connectivity index (χ0v) is 13.8. The van der Waals surface area contributed by atoms with Gasteiger partial charge in [0, 0.05) is 13.1 Å². The van der Waals surface area contributed by atoms with Gasteiger partial charge in [0.25, 0.3) is 0 Å². The average molecular weight is 308 g/mol. The molecule has 5 heteroatoms. The number of nitrogens with zero attached hydrogens (tertiary/aromatic N) is 1. The first kappa shape index (κ1) is 16.6. The second-order valence-electron chi connectivity index (χ2n) is 6.97. The standard InChI is InChI=1S/C17H25FN2O2/c1-11-9-14(18)15(19)10-13(11)12-5-7-20(8-6-12)16(21)22-17(2,3)4/h9-10,12H,5-8,19H2,1-4H3. The van der Waals surface area contributed by atoms with Crippen LogP contribution in [0.5, 0.6) is 0 Å². The molecule has 22 heavy (non-hydrogen) atoms. The SMILES string of the molecule is Cc1cc(F)c(N)cc1C1CCN(C(=O)OC(C)(C)C)CC1. The Kier molecular flexibility index (Phi) is 4.63. The third-order valence-electron chi connectivity index (χ3n) is 3.97. The van der Waals surface area contributed by atoms with E-state index in [1.807, 2.05) is 27.7 Å². The van der Waals surface area contributed by atoms with E-state index in [1.54, 1.807) is 11.0 Å². The van der Waals surface area contributed by atoms with Gasteiger partial charge >= 0.3 is 6.09 Å². The van der Waals surface area contributed by atoms with Crippen LogP contribution in [0.2, 0.25) is 0 Å². The molecule has 2 N–H and O–H groups in total. The van der Waals surface area contributed by atoms with E-state index in [4.69, 9.17) is 10.5 Å². The van der Waals surface area contributed by atoms with Gasteiger partial charge in [0.05, 0.1) is 5.69 Å². The molecule has 1 heterocycles. The first-order valence-electron chi connectivity index (χ1n) is 7.71. The molecule has 1 amide bonds. The number of likely N-dealkylation sites (tertiary alicyclic amines) is 1. The number of carbonyl (C=O) groups is 1. The van der Waals surface area contributed by atoms with E-state index in [0.29, 0.717) is 19.0 Å². The average Bonchev–Trinajstić information content (AvgIpc) is 2.41. The van der Waals surface area contributed by atoms with E-state index in [0.717, 1.165) is 24.0 Å². The summed E-state index contributed by atoms with van der Waals surface area (Å²) in [5.74, 6) is -0.0611. The topological polar surface area (TPSA) is 55.6 Å². The quantitative estimate of drug-likeness (QED) is 0.802. The zero-order valence-electron chi connectivity index (χ0n) is 13.8. The summed E-state index contributed by atoms with van der Waals surface area (Å²) in [6.45, 7) is 8.79. The van der Waals surface area contributed by atoms with Crippen LogP contribution in [0.15, 0.2) is 12.1 Å². The molecule has 4 nitrogen and oxygen atoms in total. The van der Waals surface area contributed by atoms with Gasteiger partial charge in [0.2, 0.25) is 0 Å². The molecule has 0 saturated carbocycles. The number of amides is 1. The van der Waals surface area contributed by atoms with Crippen molar-refractivity contribution in [2.24, 2.45) is 0 Å². The Hall–Kier alpha value is -1.78. The first-order chi connectivity index (χ1) is 10.2. The fourth-order valence-corrected chi connectivity index (χ4v) is 2.85. The molecule has 0 radical (unpaired) electrons. The summed E-state index contributed by atoms with van der Waals surface area (Å²) < 4.78 is 18.9. The minimum absolute atomic E-state index is 0.190. The highest BCUT2D eigenvalue weighted by atomic mass is 19.1. The van der Waals surface area contributed by atoms with Crippen molar-refractivity contribution >= 4 is 11.8 Å². The summed E-state index contributed by atoms with van der Waals surface area (Å²) in [4.78, 5) is 13.8. The number of aryl methyl sites for hydroxylation is 1. The van der Waals surface area contributed by atoms with Crippen molar-refractivity contribution < 1.29 is 13.9 Å². The Labute approximate surface area is 131 Å². The molecule has 0 aromatic heterocycles. The summed E-state index contributed by atoms with van der Waals surface area (Å²) in [6.07, 6.45) is 1.41. The molecule has 0 spiro atoms. The number of piperidine rings is 1. The maximum Gasteiger partial charge on any atom is 0.410 e. The van der Waals surface area contributed by atoms with E-state index >= 15 is 0 Å². The van der Waals surface area contributed by atoms with Crippen LogP contribution in [0.1, 0.15) is 50.7 Å². The van der Waals surface area contributed by atoms with Crippen molar-refractivity contribution in [2.45, 2.75) is 52.1 Å². The summed E-state index contributed by atoms with van der Waals surface area (Å²) in [6, 6.07) is 3.23. The van der Waals surface area contributed by atoms with Gasteiger partial charge in [-0.15, -0.1) is 0 Å². The van der Waals surface area contributed by atoms with E-state index < -0.39 is 5.60 Å². The predicted octanol–water partition coefficient (Wildman–Crippen LogP) is 3.83. The van der Waals surface area contributed by atoms with Gasteiger partial charge in [0.1, 0.15) is 11.4 Å². The lowest BCUT2D eigenvalue weighted by atomic mass is 9.86. The Morgan fingerprint density at radius 3 is 2.45 bits per heavy atom. The van der Waals surface area contributed by atoms with Crippen LogP contribution in [-0.2, 0) is 4.74 Å². The highest BCUT2D eigenvalue weighted by Crippen LogP contribution is 2.32. The van der Waals surface area contributed by atoms with Gasteiger partial charge in [-0.05, 0) is 69.7 Å². The Morgan fingerprint density at radius 2 is 1.91 bits per heavy atom. The van der Waals surface area contributed by atoms with Crippen LogP contribution >= 0.6 is 0 Å². The molecule has 1 aromatic carbocycles. The molecule has 1 aliphatic rings. The van der Waals surface area contributed by atoms with Crippen LogP contribution < -0.4 is 5.73 Å². The van der Waals surface area contributed by atoms with Gasteiger partial charge in [-0.1, -0.05) is 0 Å². The monoisotopic (exact) mass is 308 g/mol. The number of benzene rings is 1. The van der Waals surface area contributed by atoms with Crippen molar-refractivity contribution in [3.05, 3.63) is 29.1 Å². The molecule has 2 rings (SSSR count). The molecule has 1 fully saturated rings. The van der Waals surface area contributed by atoms with Crippen molar-refractivity contribution in [1.29, 1.82) is 0 Å². The van der Waals surface area contributed by atoms with Crippen LogP contribution in [-0.4, -0.2) is 29.7 Å². The van der Waals surface area contributed by atoms with Crippen molar-refractivity contribution in [1.82, 2.24) is 4.90 Å². The minimum Gasteiger partial charge on any atom is -0.444 e. The molecular weight excluding hydrogens is 283 g/mol. The maximum absolute atomic E-state index is 13.5. The smallest absolute Gasteiger partial charge is 0.410 e.